The summed E-state index contributed by atoms with van der Waals surface area (Å²) in [6.45, 7) is 5.10. The molecule has 0 aromatic carbocycles. The van der Waals surface area contributed by atoms with E-state index in [0.717, 1.165) is 31.7 Å². The van der Waals surface area contributed by atoms with Gasteiger partial charge in [-0.3, -0.25) is 9.59 Å². The predicted molar refractivity (Wildman–Crippen MR) is 97.3 cm³/mol. The molecule has 0 bridgehead atoms. The van der Waals surface area contributed by atoms with Crippen molar-refractivity contribution in [3.05, 3.63) is 24.2 Å². The number of furan rings is 1. The minimum Gasteiger partial charge on any atom is -0.467 e. The average molecular weight is 359 g/mol. The number of amides is 2. The van der Waals surface area contributed by atoms with Crippen molar-refractivity contribution < 1.29 is 14.0 Å². The fourth-order valence-electron chi connectivity index (χ4n) is 4.67. The third-order valence-electron chi connectivity index (χ3n) is 6.17. The minimum atomic E-state index is -0.191. The second kappa shape index (κ2) is 7.82. The standard InChI is InChI=1S/C20H29N3O3/c24-19-13-16(14-23(19)15-18-5-4-12-26-18)20(25)22-10-6-17(7-11-22)21-8-2-1-3-9-21/h4-5,12,16-17H,1-3,6-11,13-15H2. The van der Waals surface area contributed by atoms with Crippen LogP contribution in [0.4, 0.5) is 0 Å². The molecule has 6 nitrogen and oxygen atoms in total. The summed E-state index contributed by atoms with van der Waals surface area (Å²) in [6.07, 6.45) is 8.09. The molecule has 0 aliphatic carbocycles. The smallest absolute Gasteiger partial charge is 0.227 e. The first kappa shape index (κ1) is 17.6. The van der Waals surface area contributed by atoms with E-state index in [1.165, 1.54) is 32.4 Å². The third-order valence-corrected chi connectivity index (χ3v) is 6.17. The van der Waals surface area contributed by atoms with E-state index in [9.17, 15) is 9.59 Å². The summed E-state index contributed by atoms with van der Waals surface area (Å²) in [6, 6.07) is 4.33. The van der Waals surface area contributed by atoms with Crippen molar-refractivity contribution >= 4 is 11.8 Å². The summed E-state index contributed by atoms with van der Waals surface area (Å²) in [7, 11) is 0. The van der Waals surface area contributed by atoms with Gasteiger partial charge in [-0.05, 0) is 50.9 Å². The Labute approximate surface area is 155 Å². The summed E-state index contributed by atoms with van der Waals surface area (Å²) < 4.78 is 5.33. The lowest BCUT2D eigenvalue weighted by Crippen LogP contribution is -2.49. The summed E-state index contributed by atoms with van der Waals surface area (Å²) in [4.78, 5) is 31.5. The van der Waals surface area contributed by atoms with Gasteiger partial charge in [-0.25, -0.2) is 0 Å². The summed E-state index contributed by atoms with van der Waals surface area (Å²) in [5, 5.41) is 0. The van der Waals surface area contributed by atoms with Crippen LogP contribution in [0.2, 0.25) is 0 Å². The van der Waals surface area contributed by atoms with Crippen molar-refractivity contribution in [3.8, 4) is 0 Å². The highest BCUT2D eigenvalue weighted by Gasteiger charge is 2.38. The van der Waals surface area contributed by atoms with Gasteiger partial charge >= 0.3 is 0 Å². The van der Waals surface area contributed by atoms with Gasteiger partial charge in [0.05, 0.1) is 18.7 Å². The molecule has 3 fully saturated rings. The molecule has 6 heteroatoms. The first-order chi connectivity index (χ1) is 12.7. The lowest BCUT2D eigenvalue weighted by atomic mass is 9.98. The molecule has 3 saturated heterocycles. The van der Waals surface area contributed by atoms with Crippen LogP contribution in [0.15, 0.2) is 22.8 Å². The van der Waals surface area contributed by atoms with Crippen LogP contribution in [0, 0.1) is 5.92 Å². The van der Waals surface area contributed by atoms with Gasteiger partial charge in [-0.2, -0.15) is 0 Å². The number of nitrogens with zero attached hydrogens (tertiary/aromatic N) is 3. The summed E-state index contributed by atoms with van der Waals surface area (Å²) in [5.41, 5.74) is 0. The van der Waals surface area contributed by atoms with Crippen LogP contribution in [0.25, 0.3) is 0 Å². The van der Waals surface area contributed by atoms with E-state index < -0.39 is 0 Å². The zero-order valence-electron chi connectivity index (χ0n) is 15.4. The monoisotopic (exact) mass is 359 g/mol. The van der Waals surface area contributed by atoms with Crippen molar-refractivity contribution in [1.82, 2.24) is 14.7 Å². The van der Waals surface area contributed by atoms with Crippen LogP contribution >= 0.6 is 0 Å². The largest absolute Gasteiger partial charge is 0.467 e. The molecule has 3 aliphatic rings. The number of hydrogen-bond donors (Lipinski definition) is 0. The fraction of sp³-hybridized carbons (Fsp3) is 0.700. The van der Waals surface area contributed by atoms with Crippen LogP contribution in [0.3, 0.4) is 0 Å². The van der Waals surface area contributed by atoms with Gasteiger partial charge in [0.15, 0.2) is 0 Å². The number of carbonyl (C=O) groups excluding carboxylic acids is 2. The number of rotatable bonds is 4. The minimum absolute atomic E-state index is 0.0583. The Morgan fingerprint density at radius 2 is 1.88 bits per heavy atom. The van der Waals surface area contributed by atoms with Gasteiger partial charge in [0.2, 0.25) is 11.8 Å². The molecule has 0 saturated carbocycles. The zero-order chi connectivity index (χ0) is 17.9. The Bertz CT molecular complexity index is 616. The van der Waals surface area contributed by atoms with E-state index >= 15 is 0 Å². The highest BCUT2D eigenvalue weighted by molar-refractivity contribution is 5.89. The predicted octanol–water partition coefficient (Wildman–Crippen LogP) is 2.10. The number of likely N-dealkylation sites (tertiary alicyclic amines) is 3. The summed E-state index contributed by atoms with van der Waals surface area (Å²) in [5.74, 6) is 0.804. The lowest BCUT2D eigenvalue weighted by molar-refractivity contribution is -0.137. The first-order valence-electron chi connectivity index (χ1n) is 10.0. The van der Waals surface area contributed by atoms with Gasteiger partial charge in [0, 0.05) is 32.1 Å². The molecule has 3 aliphatic heterocycles. The van der Waals surface area contributed by atoms with Gasteiger partial charge in [-0.15, -0.1) is 0 Å². The maximum Gasteiger partial charge on any atom is 0.227 e. The molecule has 1 aromatic rings. The van der Waals surface area contributed by atoms with Crippen LogP contribution < -0.4 is 0 Å². The second-order valence-corrected chi connectivity index (χ2v) is 7.91. The molecule has 0 N–H and O–H groups in total. The molecular weight excluding hydrogens is 330 g/mol. The van der Waals surface area contributed by atoms with Crippen molar-refractivity contribution in [2.75, 3.05) is 32.7 Å². The Balaban J connectivity index is 1.28. The van der Waals surface area contributed by atoms with Crippen LogP contribution in [-0.4, -0.2) is 65.3 Å². The van der Waals surface area contributed by atoms with Gasteiger partial charge in [0.25, 0.3) is 0 Å². The molecule has 26 heavy (non-hydrogen) atoms. The first-order valence-corrected chi connectivity index (χ1v) is 10.0. The van der Waals surface area contributed by atoms with Gasteiger partial charge in [0.1, 0.15) is 5.76 Å². The zero-order valence-corrected chi connectivity index (χ0v) is 15.4. The van der Waals surface area contributed by atoms with Crippen molar-refractivity contribution in [2.24, 2.45) is 5.92 Å². The van der Waals surface area contributed by atoms with Gasteiger partial charge < -0.3 is 19.1 Å². The van der Waals surface area contributed by atoms with Crippen molar-refractivity contribution in [2.45, 2.75) is 51.1 Å². The van der Waals surface area contributed by atoms with E-state index in [-0.39, 0.29) is 17.7 Å². The Kier molecular flexibility index (Phi) is 5.29. The molecule has 4 heterocycles. The molecule has 0 radical (unpaired) electrons. The lowest BCUT2D eigenvalue weighted by Gasteiger charge is -2.40. The SMILES string of the molecule is O=C1CC(C(=O)N2CCC(N3CCCCC3)CC2)CN1Cc1ccco1. The van der Waals surface area contributed by atoms with Gasteiger partial charge in [-0.1, -0.05) is 6.42 Å². The molecule has 4 rings (SSSR count). The topological polar surface area (TPSA) is 57.0 Å². The Morgan fingerprint density at radius 3 is 2.58 bits per heavy atom. The van der Waals surface area contributed by atoms with E-state index in [1.807, 2.05) is 17.0 Å². The third kappa shape index (κ3) is 3.80. The number of hydrogen-bond acceptors (Lipinski definition) is 4. The van der Waals surface area contributed by atoms with Crippen molar-refractivity contribution in [3.63, 3.8) is 0 Å². The maximum absolute atomic E-state index is 12.9. The number of carbonyl (C=O) groups is 2. The second-order valence-electron chi connectivity index (χ2n) is 7.91. The molecule has 1 aromatic heterocycles. The van der Waals surface area contributed by atoms with E-state index in [0.29, 0.717) is 25.6 Å². The molecular formula is C20H29N3O3. The Hall–Kier alpha value is -1.82. The Morgan fingerprint density at radius 1 is 1.12 bits per heavy atom. The number of piperidine rings is 2. The van der Waals surface area contributed by atoms with Crippen LogP contribution in [0.1, 0.15) is 44.3 Å². The maximum atomic E-state index is 12.9. The van der Waals surface area contributed by atoms with Crippen LogP contribution in [0.5, 0.6) is 0 Å². The van der Waals surface area contributed by atoms with Crippen LogP contribution in [-0.2, 0) is 16.1 Å². The highest BCUT2D eigenvalue weighted by Crippen LogP contribution is 2.26. The van der Waals surface area contributed by atoms with E-state index in [2.05, 4.69) is 4.90 Å². The molecule has 0 spiro atoms. The molecule has 142 valence electrons. The normalized spacial score (nSPS) is 25.8. The fourth-order valence-corrected chi connectivity index (χ4v) is 4.67. The summed E-state index contributed by atoms with van der Waals surface area (Å²) >= 11 is 0. The molecule has 1 atom stereocenters. The molecule has 1 unspecified atom stereocenters. The van der Waals surface area contributed by atoms with E-state index in [1.54, 1.807) is 11.2 Å². The molecule has 2 amide bonds. The average Bonchev–Trinajstić information content (AvgIpc) is 3.32. The highest BCUT2D eigenvalue weighted by atomic mass is 16.3. The van der Waals surface area contributed by atoms with E-state index in [4.69, 9.17) is 4.42 Å². The quantitative estimate of drug-likeness (QED) is 0.826. The van der Waals surface area contributed by atoms with Crippen molar-refractivity contribution in [1.29, 1.82) is 0 Å².